The van der Waals surface area contributed by atoms with Crippen LogP contribution in [0.5, 0.6) is 0 Å². The van der Waals surface area contributed by atoms with E-state index in [0.29, 0.717) is 5.92 Å². The average Bonchev–Trinajstić information content (AvgIpc) is 2.79. The molecule has 0 amide bonds. The van der Waals surface area contributed by atoms with E-state index in [1.807, 2.05) is 6.20 Å². The van der Waals surface area contributed by atoms with Crippen molar-refractivity contribution in [2.24, 2.45) is 0 Å². The lowest BCUT2D eigenvalue weighted by Gasteiger charge is -2.04. The number of hydrogen-bond acceptors (Lipinski definition) is 3. The van der Waals surface area contributed by atoms with Crippen LogP contribution in [-0.2, 0) is 6.54 Å². The molecular weight excluding hydrogens is 164 g/mol. The molecular formula is C10H16N2O. The first-order chi connectivity index (χ1) is 6.27. The van der Waals surface area contributed by atoms with Crippen LogP contribution in [0.15, 0.2) is 10.7 Å². The molecule has 3 nitrogen and oxygen atoms in total. The molecule has 1 fully saturated rings. The Morgan fingerprint density at radius 1 is 1.62 bits per heavy atom. The number of nitrogens with zero attached hydrogens (tertiary/aromatic N) is 1. The normalized spacial score (nSPS) is 16.8. The van der Waals surface area contributed by atoms with Crippen LogP contribution < -0.4 is 5.32 Å². The predicted molar refractivity (Wildman–Crippen MR) is 50.5 cm³/mol. The molecule has 1 N–H and O–H groups in total. The van der Waals surface area contributed by atoms with Crippen LogP contribution >= 0.6 is 0 Å². The maximum absolute atomic E-state index is 5.19. The second kappa shape index (κ2) is 3.50. The highest BCUT2D eigenvalue weighted by atomic mass is 16.5. The van der Waals surface area contributed by atoms with Crippen LogP contribution in [0.3, 0.4) is 0 Å². The van der Waals surface area contributed by atoms with Gasteiger partial charge in [0.25, 0.3) is 0 Å². The SMILES string of the molecule is CC(C)c1oncc1CNC1CC1. The molecule has 1 saturated carbocycles. The van der Waals surface area contributed by atoms with Gasteiger partial charge in [0.2, 0.25) is 0 Å². The Morgan fingerprint density at radius 2 is 2.38 bits per heavy atom. The average molecular weight is 180 g/mol. The molecule has 0 radical (unpaired) electrons. The zero-order chi connectivity index (χ0) is 9.26. The van der Waals surface area contributed by atoms with Gasteiger partial charge in [0.05, 0.1) is 6.20 Å². The molecule has 0 spiro atoms. The zero-order valence-electron chi connectivity index (χ0n) is 8.21. The molecule has 1 aromatic heterocycles. The van der Waals surface area contributed by atoms with Crippen molar-refractivity contribution in [2.45, 2.75) is 45.2 Å². The third kappa shape index (κ3) is 2.10. The lowest BCUT2D eigenvalue weighted by Crippen LogP contribution is -2.15. The van der Waals surface area contributed by atoms with Gasteiger partial charge in [0.15, 0.2) is 0 Å². The molecule has 1 heterocycles. The molecule has 1 aliphatic rings. The first-order valence-corrected chi connectivity index (χ1v) is 4.94. The highest BCUT2D eigenvalue weighted by molar-refractivity contribution is 5.16. The maximum Gasteiger partial charge on any atom is 0.143 e. The first kappa shape index (κ1) is 8.75. The van der Waals surface area contributed by atoms with E-state index in [1.165, 1.54) is 18.4 Å². The van der Waals surface area contributed by atoms with Crippen LogP contribution in [0, 0.1) is 0 Å². The van der Waals surface area contributed by atoms with Gasteiger partial charge in [-0.25, -0.2) is 0 Å². The highest BCUT2D eigenvalue weighted by Crippen LogP contribution is 2.22. The summed E-state index contributed by atoms with van der Waals surface area (Å²) in [6.07, 6.45) is 4.47. The highest BCUT2D eigenvalue weighted by Gasteiger charge is 2.21. The van der Waals surface area contributed by atoms with E-state index in [2.05, 4.69) is 24.3 Å². The lowest BCUT2D eigenvalue weighted by molar-refractivity contribution is 0.368. The summed E-state index contributed by atoms with van der Waals surface area (Å²) < 4.78 is 5.19. The summed E-state index contributed by atoms with van der Waals surface area (Å²) in [4.78, 5) is 0. The maximum atomic E-state index is 5.19. The second-order valence-electron chi connectivity index (χ2n) is 4.03. The van der Waals surface area contributed by atoms with Gasteiger partial charge in [-0.15, -0.1) is 0 Å². The van der Waals surface area contributed by atoms with Crippen LogP contribution in [0.1, 0.15) is 43.9 Å². The van der Waals surface area contributed by atoms with Crippen molar-refractivity contribution in [3.05, 3.63) is 17.5 Å². The van der Waals surface area contributed by atoms with Crippen LogP contribution in [0.2, 0.25) is 0 Å². The van der Waals surface area contributed by atoms with Gasteiger partial charge in [0.1, 0.15) is 5.76 Å². The van der Waals surface area contributed by atoms with Crippen molar-refractivity contribution >= 4 is 0 Å². The van der Waals surface area contributed by atoms with Crippen molar-refractivity contribution in [3.63, 3.8) is 0 Å². The van der Waals surface area contributed by atoms with Crippen molar-refractivity contribution in [2.75, 3.05) is 0 Å². The van der Waals surface area contributed by atoms with E-state index in [0.717, 1.165) is 18.3 Å². The summed E-state index contributed by atoms with van der Waals surface area (Å²) in [7, 11) is 0. The van der Waals surface area contributed by atoms with Crippen molar-refractivity contribution < 1.29 is 4.52 Å². The molecule has 2 rings (SSSR count). The summed E-state index contributed by atoms with van der Waals surface area (Å²) in [5.41, 5.74) is 1.21. The molecule has 0 saturated heterocycles. The van der Waals surface area contributed by atoms with Gasteiger partial charge in [-0.3, -0.25) is 0 Å². The third-order valence-electron chi connectivity index (χ3n) is 2.36. The summed E-state index contributed by atoms with van der Waals surface area (Å²) >= 11 is 0. The van der Waals surface area contributed by atoms with Gasteiger partial charge < -0.3 is 9.84 Å². The third-order valence-corrected chi connectivity index (χ3v) is 2.36. The van der Waals surface area contributed by atoms with Gasteiger partial charge in [-0.05, 0) is 12.8 Å². The summed E-state index contributed by atoms with van der Waals surface area (Å²) in [5, 5.41) is 7.28. The Hall–Kier alpha value is -0.830. The fourth-order valence-corrected chi connectivity index (χ4v) is 1.42. The Labute approximate surface area is 78.5 Å². The second-order valence-corrected chi connectivity index (χ2v) is 4.03. The molecule has 0 aliphatic heterocycles. The van der Waals surface area contributed by atoms with E-state index in [4.69, 9.17) is 4.52 Å². The standard InChI is InChI=1S/C10H16N2O/c1-7(2)10-8(6-12-13-10)5-11-9-3-4-9/h6-7,9,11H,3-5H2,1-2H3. The minimum atomic E-state index is 0.429. The minimum Gasteiger partial charge on any atom is -0.361 e. The molecule has 1 aliphatic carbocycles. The van der Waals surface area contributed by atoms with Gasteiger partial charge in [-0.2, -0.15) is 0 Å². The van der Waals surface area contributed by atoms with Crippen LogP contribution in [0.4, 0.5) is 0 Å². The van der Waals surface area contributed by atoms with Crippen molar-refractivity contribution in [3.8, 4) is 0 Å². The Bertz CT molecular complexity index is 276. The molecule has 0 bridgehead atoms. The van der Waals surface area contributed by atoms with E-state index in [-0.39, 0.29) is 0 Å². The smallest absolute Gasteiger partial charge is 0.143 e. The molecule has 3 heteroatoms. The molecule has 13 heavy (non-hydrogen) atoms. The predicted octanol–water partition coefficient (Wildman–Crippen LogP) is 2.05. The van der Waals surface area contributed by atoms with E-state index in [1.54, 1.807) is 0 Å². The van der Waals surface area contributed by atoms with E-state index >= 15 is 0 Å². The zero-order valence-corrected chi connectivity index (χ0v) is 8.21. The number of aromatic nitrogens is 1. The Balaban J connectivity index is 1.96. The molecule has 72 valence electrons. The Kier molecular flexibility index (Phi) is 2.36. The molecule has 0 unspecified atom stereocenters. The molecule has 0 aromatic carbocycles. The van der Waals surface area contributed by atoms with Gasteiger partial charge in [0, 0.05) is 24.1 Å². The van der Waals surface area contributed by atoms with E-state index in [9.17, 15) is 0 Å². The lowest BCUT2D eigenvalue weighted by atomic mass is 10.1. The van der Waals surface area contributed by atoms with Gasteiger partial charge in [-0.1, -0.05) is 19.0 Å². The van der Waals surface area contributed by atoms with E-state index < -0.39 is 0 Å². The number of rotatable bonds is 4. The Morgan fingerprint density at radius 3 is 3.00 bits per heavy atom. The van der Waals surface area contributed by atoms with Crippen molar-refractivity contribution in [1.82, 2.24) is 10.5 Å². The summed E-state index contributed by atoms with van der Waals surface area (Å²) in [5.74, 6) is 1.45. The largest absolute Gasteiger partial charge is 0.361 e. The van der Waals surface area contributed by atoms with Crippen LogP contribution in [0.25, 0.3) is 0 Å². The first-order valence-electron chi connectivity index (χ1n) is 4.94. The van der Waals surface area contributed by atoms with Crippen LogP contribution in [-0.4, -0.2) is 11.2 Å². The summed E-state index contributed by atoms with van der Waals surface area (Å²) in [6.45, 7) is 5.16. The monoisotopic (exact) mass is 180 g/mol. The summed E-state index contributed by atoms with van der Waals surface area (Å²) in [6, 6.07) is 0.745. The molecule has 1 aromatic rings. The minimum absolute atomic E-state index is 0.429. The van der Waals surface area contributed by atoms with Crippen molar-refractivity contribution in [1.29, 1.82) is 0 Å². The molecule has 0 atom stereocenters. The number of nitrogens with one attached hydrogen (secondary N) is 1. The van der Waals surface area contributed by atoms with Gasteiger partial charge >= 0.3 is 0 Å². The topological polar surface area (TPSA) is 38.1 Å². The number of hydrogen-bond donors (Lipinski definition) is 1. The quantitative estimate of drug-likeness (QED) is 0.770. The fraction of sp³-hybridized carbons (Fsp3) is 0.700. The fourth-order valence-electron chi connectivity index (χ4n) is 1.42.